The van der Waals surface area contributed by atoms with Gasteiger partial charge in [0.2, 0.25) is 0 Å². The zero-order valence-corrected chi connectivity index (χ0v) is 15.3. The molecule has 6 heteroatoms. The van der Waals surface area contributed by atoms with Crippen molar-refractivity contribution in [2.24, 2.45) is 0 Å². The van der Waals surface area contributed by atoms with E-state index in [2.05, 4.69) is 31.4 Å². The predicted molar refractivity (Wildman–Crippen MR) is 94.6 cm³/mol. The molecule has 5 nitrogen and oxygen atoms in total. The molecule has 0 N–H and O–H groups in total. The lowest BCUT2D eigenvalue weighted by atomic mass is 10.3. The number of pyridine rings is 1. The molecule has 3 aromatic heterocycles. The van der Waals surface area contributed by atoms with Crippen molar-refractivity contribution in [2.75, 3.05) is 0 Å². The highest BCUT2D eigenvalue weighted by Crippen LogP contribution is 2.03. The molecule has 3 aromatic rings. The smallest absolute Gasteiger partial charge is 0.114 e. The van der Waals surface area contributed by atoms with E-state index in [0.29, 0.717) is 0 Å². The molecule has 122 valence electrons. The Morgan fingerprint density at radius 3 is 1.35 bits per heavy atom. The summed E-state index contributed by atoms with van der Waals surface area (Å²) in [5.41, 5.74) is 4.23. The van der Waals surface area contributed by atoms with Crippen molar-refractivity contribution < 1.29 is 0 Å². The quantitative estimate of drug-likeness (QED) is 0.625. The van der Waals surface area contributed by atoms with Crippen LogP contribution >= 0.6 is 11.3 Å². The molecule has 0 saturated carbocycles. The van der Waals surface area contributed by atoms with E-state index >= 15 is 0 Å². The summed E-state index contributed by atoms with van der Waals surface area (Å²) in [6, 6.07) is 7.96. The second-order valence-corrected chi connectivity index (χ2v) is 6.52. The SMILES string of the molecule is Cc1ccc(C)nc1.Cc1ccc(C)nn1.Cc1nnc(C)s1. The van der Waals surface area contributed by atoms with E-state index in [0.717, 1.165) is 27.1 Å². The summed E-state index contributed by atoms with van der Waals surface area (Å²) in [6.45, 7) is 11.8. The molecule has 0 spiro atoms. The topological polar surface area (TPSA) is 64.5 Å². The third-order valence-electron chi connectivity index (χ3n) is 2.62. The maximum atomic E-state index is 4.08. The lowest BCUT2D eigenvalue weighted by molar-refractivity contribution is 0.941. The van der Waals surface area contributed by atoms with Gasteiger partial charge in [0, 0.05) is 11.9 Å². The molecule has 0 aliphatic rings. The summed E-state index contributed by atoms with van der Waals surface area (Å²) in [4.78, 5) is 4.08. The number of aryl methyl sites for hydroxylation is 6. The molecular formula is C17H23N5S. The van der Waals surface area contributed by atoms with Crippen LogP contribution in [0.4, 0.5) is 0 Å². The van der Waals surface area contributed by atoms with Crippen LogP contribution in [0.1, 0.15) is 32.7 Å². The zero-order valence-electron chi connectivity index (χ0n) is 14.5. The van der Waals surface area contributed by atoms with Crippen LogP contribution in [-0.2, 0) is 0 Å². The summed E-state index contributed by atoms with van der Waals surface area (Å²) in [5.74, 6) is 0. The van der Waals surface area contributed by atoms with Crippen molar-refractivity contribution in [3.63, 3.8) is 0 Å². The second-order valence-electron chi connectivity index (χ2n) is 5.13. The van der Waals surface area contributed by atoms with Gasteiger partial charge >= 0.3 is 0 Å². The fourth-order valence-electron chi connectivity index (χ4n) is 1.40. The monoisotopic (exact) mass is 329 g/mol. The average Bonchev–Trinajstić information content (AvgIpc) is 2.90. The van der Waals surface area contributed by atoms with Crippen LogP contribution in [0, 0.1) is 41.5 Å². The maximum absolute atomic E-state index is 4.08. The molecule has 0 aromatic carbocycles. The Hall–Kier alpha value is -2.21. The van der Waals surface area contributed by atoms with Gasteiger partial charge < -0.3 is 0 Å². The van der Waals surface area contributed by atoms with Crippen LogP contribution in [0.3, 0.4) is 0 Å². The third kappa shape index (κ3) is 8.73. The van der Waals surface area contributed by atoms with E-state index in [4.69, 9.17) is 0 Å². The fourth-order valence-corrected chi connectivity index (χ4v) is 1.99. The number of aromatic nitrogens is 5. The summed E-state index contributed by atoms with van der Waals surface area (Å²) < 4.78 is 0. The fraction of sp³-hybridized carbons (Fsp3) is 0.353. The van der Waals surface area contributed by atoms with Crippen molar-refractivity contribution in [1.82, 2.24) is 25.4 Å². The minimum atomic E-state index is 0.968. The minimum Gasteiger partial charge on any atom is -0.261 e. The van der Waals surface area contributed by atoms with Crippen LogP contribution in [0.15, 0.2) is 30.5 Å². The first kappa shape index (κ1) is 18.8. The van der Waals surface area contributed by atoms with E-state index in [1.165, 1.54) is 5.56 Å². The molecule has 0 unspecified atom stereocenters. The molecule has 0 fully saturated rings. The number of hydrogen-bond donors (Lipinski definition) is 0. The van der Waals surface area contributed by atoms with Crippen molar-refractivity contribution in [3.8, 4) is 0 Å². The molecular weight excluding hydrogens is 306 g/mol. The Morgan fingerprint density at radius 1 is 0.609 bits per heavy atom. The molecule has 0 radical (unpaired) electrons. The van der Waals surface area contributed by atoms with E-state index in [9.17, 15) is 0 Å². The molecule has 0 bridgehead atoms. The van der Waals surface area contributed by atoms with E-state index in [1.54, 1.807) is 11.3 Å². The average molecular weight is 329 g/mol. The Kier molecular flexibility index (Phi) is 7.97. The maximum Gasteiger partial charge on any atom is 0.114 e. The van der Waals surface area contributed by atoms with E-state index in [-0.39, 0.29) is 0 Å². The standard InChI is InChI=1S/C7H9N.C6H8N2.C4H6N2S/c1-6-3-4-7(2)8-5-6;1-5-3-4-6(2)8-7-5;1-3-5-6-4(2)7-3/h3-5H,1-2H3;3-4H,1-2H3;1-2H3. The number of hydrogen-bond acceptors (Lipinski definition) is 6. The van der Waals surface area contributed by atoms with Crippen molar-refractivity contribution in [3.05, 3.63) is 63.1 Å². The van der Waals surface area contributed by atoms with E-state index in [1.807, 2.05) is 65.9 Å². The highest BCUT2D eigenvalue weighted by Gasteiger charge is 1.88. The molecule has 3 rings (SSSR count). The minimum absolute atomic E-state index is 0.968. The van der Waals surface area contributed by atoms with Gasteiger partial charge in [0.25, 0.3) is 0 Å². The Labute approximate surface area is 141 Å². The van der Waals surface area contributed by atoms with Gasteiger partial charge in [-0.15, -0.1) is 21.5 Å². The van der Waals surface area contributed by atoms with E-state index < -0.39 is 0 Å². The first-order valence-corrected chi connectivity index (χ1v) is 8.11. The highest BCUT2D eigenvalue weighted by atomic mass is 32.1. The van der Waals surface area contributed by atoms with Gasteiger partial charge in [0.15, 0.2) is 0 Å². The largest absolute Gasteiger partial charge is 0.261 e. The third-order valence-corrected chi connectivity index (χ3v) is 3.37. The summed E-state index contributed by atoms with van der Waals surface area (Å²) in [6.07, 6.45) is 1.87. The van der Waals surface area contributed by atoms with Gasteiger partial charge in [-0.25, -0.2) is 0 Å². The molecule has 0 saturated heterocycles. The number of rotatable bonds is 0. The lowest BCUT2D eigenvalue weighted by Crippen LogP contribution is -1.86. The molecule has 23 heavy (non-hydrogen) atoms. The van der Waals surface area contributed by atoms with Crippen LogP contribution in [0.5, 0.6) is 0 Å². The molecule has 0 aliphatic heterocycles. The number of nitrogens with zero attached hydrogens (tertiary/aromatic N) is 5. The predicted octanol–water partition coefficient (Wildman–Crippen LogP) is 3.95. The molecule has 0 atom stereocenters. The van der Waals surface area contributed by atoms with Crippen molar-refractivity contribution in [1.29, 1.82) is 0 Å². The second kappa shape index (κ2) is 9.74. The van der Waals surface area contributed by atoms with Crippen LogP contribution in [0.25, 0.3) is 0 Å². The summed E-state index contributed by atoms with van der Waals surface area (Å²) >= 11 is 1.62. The van der Waals surface area contributed by atoms with Gasteiger partial charge in [0.05, 0.1) is 11.4 Å². The normalized spacial score (nSPS) is 9.30. The van der Waals surface area contributed by atoms with Gasteiger partial charge in [-0.2, -0.15) is 10.2 Å². The molecule has 3 heterocycles. The lowest BCUT2D eigenvalue weighted by Gasteiger charge is -1.89. The summed E-state index contributed by atoms with van der Waals surface area (Å²) in [7, 11) is 0. The zero-order chi connectivity index (χ0) is 17.2. The van der Waals surface area contributed by atoms with Crippen molar-refractivity contribution >= 4 is 11.3 Å². The van der Waals surface area contributed by atoms with Gasteiger partial charge in [-0.3, -0.25) is 4.98 Å². The van der Waals surface area contributed by atoms with Gasteiger partial charge in [-0.1, -0.05) is 6.07 Å². The van der Waals surface area contributed by atoms with Gasteiger partial charge in [0.1, 0.15) is 10.0 Å². The highest BCUT2D eigenvalue weighted by molar-refractivity contribution is 7.11. The van der Waals surface area contributed by atoms with Crippen LogP contribution < -0.4 is 0 Å². The molecule has 0 aliphatic carbocycles. The van der Waals surface area contributed by atoms with Crippen LogP contribution in [-0.4, -0.2) is 25.4 Å². The Balaban J connectivity index is 0.000000173. The van der Waals surface area contributed by atoms with Gasteiger partial charge in [-0.05, 0) is 65.3 Å². The molecule has 0 amide bonds. The Bertz CT molecular complexity index is 588. The first-order chi connectivity index (χ1) is 10.9. The van der Waals surface area contributed by atoms with Crippen molar-refractivity contribution in [2.45, 2.75) is 41.5 Å². The Morgan fingerprint density at radius 2 is 1.09 bits per heavy atom. The summed E-state index contributed by atoms with van der Waals surface area (Å²) in [5, 5.41) is 17.3. The first-order valence-electron chi connectivity index (χ1n) is 7.29. The van der Waals surface area contributed by atoms with Crippen LogP contribution in [0.2, 0.25) is 0 Å².